The molecule has 1 aliphatic heterocycles. The summed E-state index contributed by atoms with van der Waals surface area (Å²) in [6, 6.07) is -1.22. The normalized spacial score (nSPS) is 24.1. The Morgan fingerprint density at radius 3 is 2.00 bits per heavy atom. The predicted octanol–water partition coefficient (Wildman–Crippen LogP) is 5.49. The smallest absolute Gasteiger partial charge is 0.420 e. The first kappa shape index (κ1) is 34.1. The molecule has 0 N–H and O–H groups in total. The maximum atomic E-state index is 13.5. The number of cyclic esters (lactones) is 1. The SMILES string of the molecule is COC(C)CCO[C@H]1[C@H](C)OC(=O)[C@@H](N(C(=O)OC(C)(C)C)C(=O)OC(C)(C)C)CCC[C@@H]1OCC(C)C. The first-order valence-electron chi connectivity index (χ1n) is 13.7. The maximum Gasteiger partial charge on any atom is 0.420 e. The molecule has 10 heteroatoms. The van der Waals surface area contributed by atoms with Gasteiger partial charge in [0.25, 0.3) is 0 Å². The van der Waals surface area contributed by atoms with Crippen molar-refractivity contribution in [2.45, 2.75) is 137 Å². The zero-order valence-corrected chi connectivity index (χ0v) is 25.3. The largest absolute Gasteiger partial charge is 0.458 e. The first-order chi connectivity index (χ1) is 17.4. The molecule has 1 rings (SSSR count). The van der Waals surface area contributed by atoms with E-state index in [2.05, 4.69) is 13.8 Å². The van der Waals surface area contributed by atoms with E-state index in [4.69, 9.17) is 28.4 Å². The molecule has 0 bridgehead atoms. The van der Waals surface area contributed by atoms with Gasteiger partial charge in [0.05, 0.1) is 12.2 Å². The number of amides is 2. The predicted molar refractivity (Wildman–Crippen MR) is 143 cm³/mol. The Hall–Kier alpha value is -1.91. The van der Waals surface area contributed by atoms with Crippen LogP contribution in [0, 0.1) is 5.92 Å². The van der Waals surface area contributed by atoms with E-state index < -0.39 is 47.6 Å². The molecule has 0 aromatic rings. The number of hydrogen-bond acceptors (Lipinski definition) is 9. The van der Waals surface area contributed by atoms with Gasteiger partial charge in [0.15, 0.2) is 0 Å². The molecule has 0 radical (unpaired) electrons. The molecule has 0 aliphatic carbocycles. The zero-order valence-electron chi connectivity index (χ0n) is 25.3. The van der Waals surface area contributed by atoms with Crippen LogP contribution in [0.15, 0.2) is 0 Å². The Balaban J connectivity index is 3.28. The van der Waals surface area contributed by atoms with Gasteiger partial charge in [-0.1, -0.05) is 13.8 Å². The van der Waals surface area contributed by atoms with E-state index >= 15 is 0 Å². The second kappa shape index (κ2) is 15.0. The van der Waals surface area contributed by atoms with Crippen molar-refractivity contribution in [3.8, 4) is 0 Å². The van der Waals surface area contributed by atoms with E-state index in [1.807, 2.05) is 6.92 Å². The minimum Gasteiger partial charge on any atom is -0.458 e. The van der Waals surface area contributed by atoms with Crippen molar-refractivity contribution in [2.24, 2.45) is 5.92 Å². The van der Waals surface area contributed by atoms with Crippen LogP contribution in [0.1, 0.15) is 94.9 Å². The highest BCUT2D eigenvalue weighted by Crippen LogP contribution is 2.26. The number of rotatable bonds is 9. The molecule has 1 aliphatic rings. The van der Waals surface area contributed by atoms with Gasteiger partial charge < -0.3 is 28.4 Å². The average Bonchev–Trinajstić information content (AvgIpc) is 2.79. The Labute approximate surface area is 229 Å². The van der Waals surface area contributed by atoms with Crippen LogP contribution in [0.3, 0.4) is 0 Å². The molecular formula is C28H51NO9. The van der Waals surface area contributed by atoms with Crippen molar-refractivity contribution in [2.75, 3.05) is 20.3 Å². The minimum atomic E-state index is -1.22. The Kier molecular flexibility index (Phi) is 13.5. The number of methoxy groups -OCH3 is 1. The van der Waals surface area contributed by atoms with Gasteiger partial charge in [-0.2, -0.15) is 4.90 Å². The summed E-state index contributed by atoms with van der Waals surface area (Å²) in [5, 5.41) is 0. The molecule has 1 heterocycles. The van der Waals surface area contributed by atoms with Crippen molar-refractivity contribution in [1.29, 1.82) is 0 Å². The van der Waals surface area contributed by atoms with E-state index in [1.165, 1.54) is 0 Å². The molecule has 38 heavy (non-hydrogen) atoms. The van der Waals surface area contributed by atoms with Gasteiger partial charge in [-0.25, -0.2) is 14.4 Å². The second-order valence-corrected chi connectivity index (χ2v) is 12.4. The lowest BCUT2D eigenvalue weighted by Crippen LogP contribution is -2.53. The number of nitrogens with zero attached hydrogens (tertiary/aromatic N) is 1. The number of carbonyl (C=O) groups excluding carboxylic acids is 3. The Morgan fingerprint density at radius 2 is 1.53 bits per heavy atom. The summed E-state index contributed by atoms with van der Waals surface area (Å²) in [6.07, 6.45) is -1.62. The van der Waals surface area contributed by atoms with Crippen molar-refractivity contribution in [3.63, 3.8) is 0 Å². The van der Waals surface area contributed by atoms with Crippen molar-refractivity contribution in [1.82, 2.24) is 4.90 Å². The van der Waals surface area contributed by atoms with Gasteiger partial charge in [-0.15, -0.1) is 0 Å². The van der Waals surface area contributed by atoms with E-state index in [0.29, 0.717) is 38.4 Å². The summed E-state index contributed by atoms with van der Waals surface area (Å²) in [6.45, 7) is 18.8. The van der Waals surface area contributed by atoms with Crippen molar-refractivity contribution >= 4 is 18.2 Å². The number of hydrogen-bond donors (Lipinski definition) is 0. The molecule has 1 fully saturated rings. The molecule has 0 aromatic heterocycles. The van der Waals surface area contributed by atoms with E-state index in [-0.39, 0.29) is 18.6 Å². The molecule has 0 saturated carbocycles. The third kappa shape index (κ3) is 12.3. The molecule has 10 nitrogen and oxygen atoms in total. The fraction of sp³-hybridized carbons (Fsp3) is 0.893. The van der Waals surface area contributed by atoms with Crippen LogP contribution in [0.5, 0.6) is 0 Å². The van der Waals surface area contributed by atoms with Gasteiger partial charge in [-0.05, 0) is 87.0 Å². The summed E-state index contributed by atoms with van der Waals surface area (Å²) in [5.41, 5.74) is -1.78. The van der Waals surface area contributed by atoms with E-state index in [1.54, 1.807) is 55.6 Å². The highest BCUT2D eigenvalue weighted by molar-refractivity contribution is 5.94. The van der Waals surface area contributed by atoms with Crippen LogP contribution in [-0.2, 0) is 33.2 Å². The van der Waals surface area contributed by atoms with Crippen LogP contribution in [-0.4, -0.2) is 85.0 Å². The lowest BCUT2D eigenvalue weighted by atomic mass is 10.0. The number of esters is 1. The van der Waals surface area contributed by atoms with Crippen LogP contribution in [0.2, 0.25) is 0 Å². The Morgan fingerprint density at radius 1 is 0.974 bits per heavy atom. The fourth-order valence-corrected chi connectivity index (χ4v) is 3.84. The van der Waals surface area contributed by atoms with E-state index in [0.717, 1.165) is 4.90 Å². The third-order valence-electron chi connectivity index (χ3n) is 5.74. The highest BCUT2D eigenvalue weighted by atomic mass is 16.6. The zero-order chi connectivity index (χ0) is 29.3. The van der Waals surface area contributed by atoms with Gasteiger partial charge >= 0.3 is 18.2 Å². The molecule has 0 spiro atoms. The third-order valence-corrected chi connectivity index (χ3v) is 5.74. The monoisotopic (exact) mass is 545 g/mol. The fourth-order valence-electron chi connectivity index (χ4n) is 3.84. The van der Waals surface area contributed by atoms with Crippen LogP contribution >= 0.6 is 0 Å². The molecule has 2 amide bonds. The average molecular weight is 546 g/mol. The van der Waals surface area contributed by atoms with Gasteiger partial charge in [0.1, 0.15) is 29.5 Å². The number of carbonyl (C=O) groups is 3. The van der Waals surface area contributed by atoms with Crippen molar-refractivity contribution < 1.29 is 42.8 Å². The standard InChI is InChI=1S/C28H51NO9/c1-18(2)17-35-22-14-12-13-21(24(30)36-20(4)23(22)34-16-15-19(3)33-11)29(25(31)37-27(5,6)7)26(32)38-28(8,9)10/h18-23H,12-17H2,1-11H3/t19?,20-,21-,22-,23-/m0/s1. The summed E-state index contributed by atoms with van der Waals surface area (Å²) in [7, 11) is 1.64. The quantitative estimate of drug-likeness (QED) is 0.274. The minimum absolute atomic E-state index is 0.0137. The lowest BCUT2D eigenvalue weighted by Gasteiger charge is -2.33. The summed E-state index contributed by atoms with van der Waals surface area (Å²) >= 11 is 0. The summed E-state index contributed by atoms with van der Waals surface area (Å²) in [4.78, 5) is 40.6. The highest BCUT2D eigenvalue weighted by Gasteiger charge is 2.43. The summed E-state index contributed by atoms with van der Waals surface area (Å²) in [5.74, 6) is -0.421. The van der Waals surface area contributed by atoms with Gasteiger partial charge in [0.2, 0.25) is 0 Å². The molecule has 1 unspecified atom stereocenters. The number of ether oxygens (including phenoxy) is 6. The Bertz CT molecular complexity index is 728. The molecule has 1 saturated heterocycles. The maximum absolute atomic E-state index is 13.5. The van der Waals surface area contributed by atoms with Crippen molar-refractivity contribution in [3.05, 3.63) is 0 Å². The van der Waals surface area contributed by atoms with Crippen LogP contribution < -0.4 is 0 Å². The molecule has 0 aromatic carbocycles. The number of imide groups is 1. The molecular weight excluding hydrogens is 494 g/mol. The van der Waals surface area contributed by atoms with Crippen LogP contribution in [0.4, 0.5) is 9.59 Å². The topological polar surface area (TPSA) is 110 Å². The van der Waals surface area contributed by atoms with Gasteiger partial charge in [-0.3, -0.25) is 0 Å². The summed E-state index contributed by atoms with van der Waals surface area (Å²) < 4.78 is 34.5. The van der Waals surface area contributed by atoms with Gasteiger partial charge in [0, 0.05) is 20.3 Å². The second-order valence-electron chi connectivity index (χ2n) is 12.4. The lowest BCUT2D eigenvalue weighted by molar-refractivity contribution is -0.171. The van der Waals surface area contributed by atoms with E-state index in [9.17, 15) is 14.4 Å². The molecule has 5 atom stereocenters. The van der Waals surface area contributed by atoms with Crippen LogP contribution in [0.25, 0.3) is 0 Å². The molecule has 222 valence electrons. The first-order valence-corrected chi connectivity index (χ1v) is 13.7.